The van der Waals surface area contributed by atoms with Crippen LogP contribution in [0.4, 0.5) is 9.52 Å². The Bertz CT molecular complexity index is 765. The minimum atomic E-state index is -0.394. The highest BCUT2D eigenvalue weighted by atomic mass is 79.9. The molecule has 0 bridgehead atoms. The van der Waals surface area contributed by atoms with E-state index in [9.17, 15) is 14.0 Å². The van der Waals surface area contributed by atoms with Crippen molar-refractivity contribution < 1.29 is 14.0 Å². The molecule has 1 saturated heterocycles. The number of benzene rings is 1. The van der Waals surface area contributed by atoms with Crippen molar-refractivity contribution in [1.29, 1.82) is 0 Å². The molecular weight excluding hydrogens is 413 g/mol. The van der Waals surface area contributed by atoms with E-state index in [1.165, 1.54) is 29.5 Å². The van der Waals surface area contributed by atoms with E-state index in [1.54, 1.807) is 10.4 Å². The number of piperazine rings is 1. The van der Waals surface area contributed by atoms with Gasteiger partial charge in [0.05, 0.1) is 12.1 Å². The van der Waals surface area contributed by atoms with Crippen molar-refractivity contribution in [3.05, 3.63) is 39.6 Å². The summed E-state index contributed by atoms with van der Waals surface area (Å²) in [4.78, 5) is 28.2. The third kappa shape index (κ3) is 4.59. The lowest BCUT2D eigenvalue weighted by Gasteiger charge is -2.34. The van der Waals surface area contributed by atoms with Crippen LogP contribution in [0.1, 0.15) is 10.4 Å². The van der Waals surface area contributed by atoms with E-state index in [1.807, 2.05) is 4.90 Å². The second kappa shape index (κ2) is 7.98. The number of hydrogen-bond donors (Lipinski definition) is 1. The number of hydrogen-bond acceptors (Lipinski definition) is 6. The number of halogens is 2. The van der Waals surface area contributed by atoms with Crippen LogP contribution in [0.25, 0.3) is 0 Å². The van der Waals surface area contributed by atoms with Gasteiger partial charge in [0.15, 0.2) is 0 Å². The first-order valence-corrected chi connectivity index (χ1v) is 9.23. The van der Waals surface area contributed by atoms with E-state index in [-0.39, 0.29) is 18.4 Å². The Kier molecular flexibility index (Phi) is 5.71. The molecule has 1 aromatic carbocycles. The molecule has 0 spiro atoms. The van der Waals surface area contributed by atoms with Gasteiger partial charge in [-0.3, -0.25) is 19.8 Å². The molecule has 1 aliphatic rings. The summed E-state index contributed by atoms with van der Waals surface area (Å²) in [5.41, 5.74) is 1.98. The first-order valence-electron chi connectivity index (χ1n) is 7.55. The highest BCUT2D eigenvalue weighted by Gasteiger charge is 2.24. The maximum absolute atomic E-state index is 13.2. The van der Waals surface area contributed by atoms with Gasteiger partial charge in [-0.1, -0.05) is 11.3 Å². The van der Waals surface area contributed by atoms with Crippen molar-refractivity contribution in [1.82, 2.24) is 20.0 Å². The molecule has 7 nitrogen and oxygen atoms in total. The average molecular weight is 428 g/mol. The van der Waals surface area contributed by atoms with E-state index in [0.29, 0.717) is 41.3 Å². The van der Waals surface area contributed by atoms with Crippen LogP contribution >= 0.6 is 27.3 Å². The molecular formula is C15H15BrFN5O2S. The predicted molar refractivity (Wildman–Crippen MR) is 95.0 cm³/mol. The number of amides is 2. The van der Waals surface area contributed by atoms with Crippen LogP contribution in [0.5, 0.6) is 0 Å². The molecule has 0 unspecified atom stereocenters. The second-order valence-electron chi connectivity index (χ2n) is 5.48. The summed E-state index contributed by atoms with van der Waals surface area (Å²) in [7, 11) is 0. The van der Waals surface area contributed by atoms with Crippen molar-refractivity contribution in [2.75, 3.05) is 38.0 Å². The number of nitrogens with one attached hydrogen (secondary N) is 1. The van der Waals surface area contributed by atoms with Crippen LogP contribution in [-0.4, -0.2) is 64.5 Å². The summed E-state index contributed by atoms with van der Waals surface area (Å²) in [6, 6.07) is 4.02. The van der Waals surface area contributed by atoms with Crippen LogP contribution in [0.2, 0.25) is 0 Å². The number of carbonyl (C=O) groups excluding carboxylic acids is 2. The SMILES string of the molecule is O=C(CN1CCN(C(=O)c2ccc(F)cc2Br)CC1)Nc1nncs1. The summed E-state index contributed by atoms with van der Waals surface area (Å²) in [6.07, 6.45) is 0. The fourth-order valence-electron chi connectivity index (χ4n) is 2.53. The highest BCUT2D eigenvalue weighted by molar-refractivity contribution is 9.10. The molecule has 10 heteroatoms. The van der Waals surface area contributed by atoms with Crippen molar-refractivity contribution in [2.24, 2.45) is 0 Å². The van der Waals surface area contributed by atoms with Gasteiger partial charge in [-0.25, -0.2) is 4.39 Å². The number of aromatic nitrogens is 2. The molecule has 2 heterocycles. The molecule has 0 radical (unpaired) electrons. The van der Waals surface area contributed by atoms with Gasteiger partial charge in [0, 0.05) is 30.7 Å². The van der Waals surface area contributed by atoms with Gasteiger partial charge in [0.25, 0.3) is 5.91 Å². The molecule has 2 amide bonds. The van der Waals surface area contributed by atoms with E-state index in [2.05, 4.69) is 31.4 Å². The molecule has 1 fully saturated rings. The normalized spacial score (nSPS) is 15.2. The van der Waals surface area contributed by atoms with Gasteiger partial charge in [0.2, 0.25) is 11.0 Å². The number of carbonyl (C=O) groups is 2. The van der Waals surface area contributed by atoms with E-state index in [4.69, 9.17) is 0 Å². The molecule has 132 valence electrons. The molecule has 1 aliphatic heterocycles. The first kappa shape index (κ1) is 17.9. The molecule has 0 atom stereocenters. The fourth-order valence-corrected chi connectivity index (χ4v) is 3.51. The molecule has 1 N–H and O–H groups in total. The van der Waals surface area contributed by atoms with Gasteiger partial charge in [-0.15, -0.1) is 10.2 Å². The average Bonchev–Trinajstić information content (AvgIpc) is 3.08. The van der Waals surface area contributed by atoms with Crippen LogP contribution < -0.4 is 5.32 Å². The van der Waals surface area contributed by atoms with Crippen LogP contribution in [0.3, 0.4) is 0 Å². The van der Waals surface area contributed by atoms with Crippen LogP contribution in [0.15, 0.2) is 28.2 Å². The summed E-state index contributed by atoms with van der Waals surface area (Å²) >= 11 is 4.49. The zero-order valence-electron chi connectivity index (χ0n) is 13.1. The monoisotopic (exact) mass is 427 g/mol. The second-order valence-corrected chi connectivity index (χ2v) is 7.17. The van der Waals surface area contributed by atoms with E-state index in [0.717, 1.165) is 0 Å². The molecule has 0 aliphatic carbocycles. The zero-order chi connectivity index (χ0) is 17.8. The third-order valence-electron chi connectivity index (χ3n) is 3.79. The Balaban J connectivity index is 1.51. The minimum absolute atomic E-state index is 0.148. The molecule has 0 saturated carbocycles. The standard InChI is InChI=1S/C15H15BrFN5O2S/c16-12-7-10(17)1-2-11(12)14(24)22-5-3-21(4-6-22)8-13(23)19-15-20-18-9-25-15/h1-2,7,9H,3-6,8H2,(H,19,20,23). The van der Waals surface area contributed by atoms with Gasteiger partial charge in [0.1, 0.15) is 11.3 Å². The smallest absolute Gasteiger partial charge is 0.255 e. The van der Waals surface area contributed by atoms with Gasteiger partial charge in [-0.2, -0.15) is 0 Å². The maximum Gasteiger partial charge on any atom is 0.255 e. The molecule has 1 aromatic heterocycles. The number of nitrogens with zero attached hydrogens (tertiary/aromatic N) is 4. The first-order chi connectivity index (χ1) is 12.0. The fraction of sp³-hybridized carbons (Fsp3) is 0.333. The van der Waals surface area contributed by atoms with Crippen molar-refractivity contribution >= 4 is 44.2 Å². The van der Waals surface area contributed by atoms with Crippen molar-refractivity contribution in [3.8, 4) is 0 Å². The lowest BCUT2D eigenvalue weighted by molar-refractivity contribution is -0.117. The maximum atomic E-state index is 13.2. The Labute approximate surface area is 156 Å². The molecule has 3 rings (SSSR count). The Morgan fingerprint density at radius 2 is 2.04 bits per heavy atom. The Morgan fingerprint density at radius 3 is 2.68 bits per heavy atom. The number of rotatable bonds is 4. The Hall–Kier alpha value is -1.91. The van der Waals surface area contributed by atoms with Gasteiger partial charge < -0.3 is 4.90 Å². The quantitative estimate of drug-likeness (QED) is 0.804. The van der Waals surface area contributed by atoms with E-state index < -0.39 is 5.82 Å². The summed E-state index contributed by atoms with van der Waals surface area (Å²) in [5.74, 6) is -0.697. The topological polar surface area (TPSA) is 78.4 Å². The summed E-state index contributed by atoms with van der Waals surface area (Å²) < 4.78 is 13.6. The van der Waals surface area contributed by atoms with Gasteiger partial charge >= 0.3 is 0 Å². The van der Waals surface area contributed by atoms with Gasteiger partial charge in [-0.05, 0) is 34.1 Å². The minimum Gasteiger partial charge on any atom is -0.336 e. The summed E-state index contributed by atoms with van der Waals surface area (Å²) in [6.45, 7) is 2.44. The Morgan fingerprint density at radius 1 is 1.28 bits per heavy atom. The highest BCUT2D eigenvalue weighted by Crippen LogP contribution is 2.20. The van der Waals surface area contributed by atoms with Crippen molar-refractivity contribution in [3.63, 3.8) is 0 Å². The van der Waals surface area contributed by atoms with Crippen molar-refractivity contribution in [2.45, 2.75) is 0 Å². The van der Waals surface area contributed by atoms with Crippen LogP contribution in [-0.2, 0) is 4.79 Å². The van der Waals surface area contributed by atoms with Crippen LogP contribution in [0, 0.1) is 5.82 Å². The molecule has 25 heavy (non-hydrogen) atoms. The number of anilines is 1. The summed E-state index contributed by atoms with van der Waals surface area (Å²) in [5, 5.41) is 10.6. The third-order valence-corrected chi connectivity index (χ3v) is 5.06. The lowest BCUT2D eigenvalue weighted by atomic mass is 10.1. The zero-order valence-corrected chi connectivity index (χ0v) is 15.5. The molecule has 2 aromatic rings. The largest absolute Gasteiger partial charge is 0.336 e. The predicted octanol–water partition coefficient (Wildman–Crippen LogP) is 1.84. The van der Waals surface area contributed by atoms with E-state index >= 15 is 0 Å². The lowest BCUT2D eigenvalue weighted by Crippen LogP contribution is -2.50.